The van der Waals surface area contributed by atoms with Crippen molar-refractivity contribution in [1.82, 2.24) is 0 Å². The first-order valence-electron chi connectivity index (χ1n) is 5.53. The number of benzene rings is 2. The van der Waals surface area contributed by atoms with Crippen LogP contribution in [0.4, 0.5) is 5.69 Å². The van der Waals surface area contributed by atoms with Crippen molar-refractivity contribution in [1.29, 1.82) is 0 Å². The summed E-state index contributed by atoms with van der Waals surface area (Å²) in [6, 6.07) is 13.4. The standard InChI is InChI=1S/C14H13Cl2NS/c1-9(10-2-5-12(17)6-3-10)18-14-8-11(15)4-7-13(14)16/h2-9H,17H2,1H3. The lowest BCUT2D eigenvalue weighted by Crippen LogP contribution is -1.90. The molecule has 1 unspecified atom stereocenters. The monoisotopic (exact) mass is 297 g/mol. The minimum Gasteiger partial charge on any atom is -0.399 e. The molecular formula is C14H13Cl2NS. The van der Waals surface area contributed by atoms with Gasteiger partial charge in [-0.25, -0.2) is 0 Å². The molecule has 0 radical (unpaired) electrons. The van der Waals surface area contributed by atoms with E-state index in [1.165, 1.54) is 5.56 Å². The lowest BCUT2D eigenvalue weighted by Gasteiger charge is -2.13. The minimum atomic E-state index is 0.293. The second kappa shape index (κ2) is 5.87. The molecule has 0 saturated heterocycles. The molecule has 2 aromatic carbocycles. The Labute approximate surface area is 121 Å². The molecule has 0 bridgehead atoms. The van der Waals surface area contributed by atoms with Gasteiger partial charge in [0.05, 0.1) is 5.02 Å². The van der Waals surface area contributed by atoms with Crippen molar-refractivity contribution in [3.63, 3.8) is 0 Å². The van der Waals surface area contributed by atoms with E-state index in [1.54, 1.807) is 17.8 Å². The van der Waals surface area contributed by atoms with Gasteiger partial charge in [-0.3, -0.25) is 0 Å². The van der Waals surface area contributed by atoms with Crippen molar-refractivity contribution in [3.8, 4) is 0 Å². The van der Waals surface area contributed by atoms with E-state index in [9.17, 15) is 0 Å². The number of nitrogen functional groups attached to an aromatic ring is 1. The topological polar surface area (TPSA) is 26.0 Å². The van der Waals surface area contributed by atoms with Gasteiger partial charge >= 0.3 is 0 Å². The van der Waals surface area contributed by atoms with E-state index in [2.05, 4.69) is 6.92 Å². The number of thioether (sulfide) groups is 1. The zero-order chi connectivity index (χ0) is 13.1. The normalized spacial score (nSPS) is 12.4. The fourth-order valence-electron chi connectivity index (χ4n) is 1.59. The fraction of sp³-hybridized carbons (Fsp3) is 0.143. The first-order chi connectivity index (χ1) is 8.56. The van der Waals surface area contributed by atoms with Gasteiger partial charge in [-0.1, -0.05) is 35.3 Å². The third-order valence-electron chi connectivity index (χ3n) is 2.60. The predicted octanol–water partition coefficient (Wildman–Crippen LogP) is 5.43. The molecule has 0 aromatic heterocycles. The van der Waals surface area contributed by atoms with Crippen molar-refractivity contribution in [2.45, 2.75) is 17.1 Å². The summed E-state index contributed by atoms with van der Waals surface area (Å²) in [7, 11) is 0. The zero-order valence-electron chi connectivity index (χ0n) is 9.86. The maximum Gasteiger partial charge on any atom is 0.0543 e. The summed E-state index contributed by atoms with van der Waals surface area (Å²) >= 11 is 13.8. The van der Waals surface area contributed by atoms with Crippen molar-refractivity contribution in [2.24, 2.45) is 0 Å². The molecule has 0 fully saturated rings. The largest absolute Gasteiger partial charge is 0.399 e. The summed E-state index contributed by atoms with van der Waals surface area (Å²) in [4.78, 5) is 0.994. The Kier molecular flexibility index (Phi) is 4.44. The summed E-state index contributed by atoms with van der Waals surface area (Å²) in [5, 5.41) is 1.72. The van der Waals surface area contributed by atoms with Crippen LogP contribution in [0.25, 0.3) is 0 Å². The Morgan fingerprint density at radius 2 is 1.72 bits per heavy atom. The Balaban J connectivity index is 2.18. The minimum absolute atomic E-state index is 0.293. The highest BCUT2D eigenvalue weighted by Gasteiger charge is 2.10. The highest BCUT2D eigenvalue weighted by atomic mass is 35.5. The molecule has 0 heterocycles. The molecule has 2 N–H and O–H groups in total. The van der Waals surface area contributed by atoms with Gasteiger partial charge < -0.3 is 5.73 Å². The maximum absolute atomic E-state index is 6.15. The lowest BCUT2D eigenvalue weighted by molar-refractivity contribution is 1.10. The van der Waals surface area contributed by atoms with Crippen LogP contribution in [0.5, 0.6) is 0 Å². The molecule has 4 heteroatoms. The third-order valence-corrected chi connectivity index (χ3v) is 4.50. The molecule has 1 nitrogen and oxygen atoms in total. The number of hydrogen-bond donors (Lipinski definition) is 1. The molecule has 0 saturated carbocycles. The van der Waals surface area contributed by atoms with E-state index in [4.69, 9.17) is 28.9 Å². The summed E-state index contributed by atoms with van der Waals surface area (Å²) in [5.41, 5.74) is 7.67. The van der Waals surface area contributed by atoms with Crippen molar-refractivity contribution < 1.29 is 0 Å². The SMILES string of the molecule is CC(Sc1cc(Cl)ccc1Cl)c1ccc(N)cc1. The second-order valence-corrected chi connectivity index (χ2v) is 6.23. The summed E-state index contributed by atoms with van der Waals surface area (Å²) in [6.45, 7) is 2.13. The fourth-order valence-corrected chi connectivity index (χ4v) is 3.13. The average Bonchev–Trinajstić information content (AvgIpc) is 2.34. The Morgan fingerprint density at radius 1 is 1.06 bits per heavy atom. The Morgan fingerprint density at radius 3 is 2.39 bits per heavy atom. The highest BCUT2D eigenvalue weighted by molar-refractivity contribution is 7.99. The van der Waals surface area contributed by atoms with E-state index in [1.807, 2.05) is 36.4 Å². The van der Waals surface area contributed by atoms with Crippen LogP contribution in [0.2, 0.25) is 10.0 Å². The average molecular weight is 298 g/mol. The predicted molar refractivity (Wildman–Crippen MR) is 81.6 cm³/mol. The van der Waals surface area contributed by atoms with Gasteiger partial charge in [-0.15, -0.1) is 11.8 Å². The van der Waals surface area contributed by atoms with Gasteiger partial charge in [-0.2, -0.15) is 0 Å². The zero-order valence-corrected chi connectivity index (χ0v) is 12.2. The smallest absolute Gasteiger partial charge is 0.0543 e. The van der Waals surface area contributed by atoms with Crippen LogP contribution in [0.3, 0.4) is 0 Å². The van der Waals surface area contributed by atoms with Crippen LogP contribution in [0.15, 0.2) is 47.4 Å². The molecular weight excluding hydrogens is 285 g/mol. The second-order valence-electron chi connectivity index (χ2n) is 4.00. The van der Waals surface area contributed by atoms with E-state index in [-0.39, 0.29) is 0 Å². The number of anilines is 1. The van der Waals surface area contributed by atoms with Crippen molar-refractivity contribution >= 4 is 40.7 Å². The molecule has 94 valence electrons. The summed E-state index contributed by atoms with van der Waals surface area (Å²) in [5.74, 6) is 0. The number of halogens is 2. The quantitative estimate of drug-likeness (QED) is 0.604. The highest BCUT2D eigenvalue weighted by Crippen LogP contribution is 2.39. The van der Waals surface area contributed by atoms with Crippen molar-refractivity contribution in [3.05, 3.63) is 58.1 Å². The Bertz CT molecular complexity index is 540. The maximum atomic E-state index is 6.15. The van der Waals surface area contributed by atoms with Gasteiger partial charge in [0, 0.05) is 20.9 Å². The van der Waals surface area contributed by atoms with Crippen molar-refractivity contribution in [2.75, 3.05) is 5.73 Å². The molecule has 0 amide bonds. The molecule has 2 aromatic rings. The first-order valence-corrected chi connectivity index (χ1v) is 7.17. The van der Waals surface area contributed by atoms with E-state index in [0.29, 0.717) is 10.3 Å². The van der Waals surface area contributed by atoms with E-state index >= 15 is 0 Å². The van der Waals surface area contributed by atoms with Gasteiger partial charge in [0.1, 0.15) is 0 Å². The molecule has 1 atom stereocenters. The van der Waals surface area contributed by atoms with Crippen LogP contribution in [0, 0.1) is 0 Å². The summed E-state index contributed by atoms with van der Waals surface area (Å²) in [6.07, 6.45) is 0. The van der Waals surface area contributed by atoms with Crippen LogP contribution in [-0.2, 0) is 0 Å². The summed E-state index contributed by atoms with van der Waals surface area (Å²) < 4.78 is 0. The van der Waals surface area contributed by atoms with Gasteiger partial charge in [-0.05, 0) is 42.8 Å². The molecule has 0 aliphatic heterocycles. The van der Waals surface area contributed by atoms with Gasteiger partial charge in [0.25, 0.3) is 0 Å². The molecule has 0 spiro atoms. The molecule has 0 aliphatic carbocycles. The molecule has 0 aliphatic rings. The van der Waals surface area contributed by atoms with Crippen LogP contribution in [0.1, 0.15) is 17.7 Å². The number of rotatable bonds is 3. The number of hydrogen-bond acceptors (Lipinski definition) is 2. The van der Waals surface area contributed by atoms with Gasteiger partial charge in [0.2, 0.25) is 0 Å². The molecule has 18 heavy (non-hydrogen) atoms. The van der Waals surface area contributed by atoms with E-state index < -0.39 is 0 Å². The number of nitrogens with two attached hydrogens (primary N) is 1. The van der Waals surface area contributed by atoms with Crippen LogP contribution >= 0.6 is 35.0 Å². The Hall–Kier alpha value is -0.830. The third kappa shape index (κ3) is 3.35. The van der Waals surface area contributed by atoms with Gasteiger partial charge in [0.15, 0.2) is 0 Å². The van der Waals surface area contributed by atoms with Crippen LogP contribution in [-0.4, -0.2) is 0 Å². The van der Waals surface area contributed by atoms with Crippen LogP contribution < -0.4 is 5.73 Å². The van der Waals surface area contributed by atoms with E-state index in [0.717, 1.165) is 15.6 Å². The first kappa shape index (κ1) is 13.6. The molecule has 2 rings (SSSR count). The lowest BCUT2D eigenvalue weighted by atomic mass is 10.1.